The van der Waals surface area contributed by atoms with E-state index < -0.39 is 0 Å². The van der Waals surface area contributed by atoms with Crippen LogP contribution in [0.5, 0.6) is 11.5 Å². The average Bonchev–Trinajstić information content (AvgIpc) is 3.29. The van der Waals surface area contributed by atoms with Gasteiger partial charge in [-0.3, -0.25) is 4.79 Å². The molecule has 2 heterocycles. The number of thiazole rings is 1. The Morgan fingerprint density at radius 2 is 1.77 bits per heavy atom. The summed E-state index contributed by atoms with van der Waals surface area (Å²) in [5.41, 5.74) is 3.63. The van der Waals surface area contributed by atoms with Crippen LogP contribution >= 0.6 is 11.3 Å². The Kier molecular flexibility index (Phi) is 5.14. The van der Waals surface area contributed by atoms with E-state index in [1.165, 1.54) is 11.3 Å². The van der Waals surface area contributed by atoms with Crippen molar-refractivity contribution in [1.82, 2.24) is 9.38 Å². The third-order valence-corrected chi connectivity index (χ3v) is 5.97. The van der Waals surface area contributed by atoms with Crippen LogP contribution in [-0.2, 0) is 0 Å². The Morgan fingerprint density at radius 1 is 0.968 bits per heavy atom. The fourth-order valence-corrected chi connectivity index (χ4v) is 4.47. The monoisotopic (exact) mass is 428 g/mol. The lowest BCUT2D eigenvalue weighted by atomic mass is 10.2. The van der Waals surface area contributed by atoms with Gasteiger partial charge in [0.05, 0.1) is 15.6 Å². The highest BCUT2D eigenvalue weighted by atomic mass is 32.1. The fraction of sp³-hybridized carbons (Fsp3) is 0.120. The maximum Gasteiger partial charge on any atom is 0.274 e. The van der Waals surface area contributed by atoms with Gasteiger partial charge in [0.25, 0.3) is 5.56 Å². The predicted molar refractivity (Wildman–Crippen MR) is 124 cm³/mol. The molecule has 0 bridgehead atoms. The summed E-state index contributed by atoms with van der Waals surface area (Å²) in [7, 11) is 0. The highest BCUT2D eigenvalue weighted by molar-refractivity contribution is 7.15. The van der Waals surface area contributed by atoms with Gasteiger partial charge in [-0.1, -0.05) is 53.8 Å². The van der Waals surface area contributed by atoms with Crippen LogP contribution in [0, 0.1) is 6.92 Å². The topological polar surface area (TPSA) is 52.8 Å². The minimum Gasteiger partial charge on any atom is -0.490 e. The average molecular weight is 429 g/mol. The Morgan fingerprint density at radius 3 is 2.68 bits per heavy atom. The summed E-state index contributed by atoms with van der Waals surface area (Å²) in [6.07, 6.45) is 1.88. The first kappa shape index (κ1) is 19.3. The van der Waals surface area contributed by atoms with Crippen molar-refractivity contribution in [3.8, 4) is 11.5 Å². The van der Waals surface area contributed by atoms with Crippen molar-refractivity contribution in [1.29, 1.82) is 0 Å². The SMILES string of the molecule is Cc1ccccc1OCCOc1cccc(/C=c2\sc3nc4ccccc4n3c2=O)c1. The molecule has 0 aliphatic rings. The second kappa shape index (κ2) is 8.24. The van der Waals surface area contributed by atoms with Crippen molar-refractivity contribution >= 4 is 33.4 Å². The Hall–Kier alpha value is -3.64. The van der Waals surface area contributed by atoms with Crippen LogP contribution in [0.1, 0.15) is 11.1 Å². The molecule has 5 aromatic rings. The molecule has 0 N–H and O–H groups in total. The number of benzene rings is 3. The third-order valence-electron chi connectivity index (χ3n) is 5.00. The molecular weight excluding hydrogens is 408 g/mol. The summed E-state index contributed by atoms with van der Waals surface area (Å²) in [5.74, 6) is 1.60. The molecule has 6 heteroatoms. The molecule has 154 valence electrons. The minimum absolute atomic E-state index is 0.0494. The summed E-state index contributed by atoms with van der Waals surface area (Å²) in [6, 6.07) is 23.3. The van der Waals surface area contributed by atoms with Crippen LogP contribution in [0.4, 0.5) is 0 Å². The molecular formula is C25H20N2O3S. The molecule has 3 aromatic carbocycles. The van der Waals surface area contributed by atoms with E-state index in [1.54, 1.807) is 4.40 Å². The van der Waals surface area contributed by atoms with Gasteiger partial charge < -0.3 is 9.47 Å². The predicted octanol–water partition coefficient (Wildman–Crippen LogP) is 4.22. The number of imidazole rings is 1. The third kappa shape index (κ3) is 3.90. The fourth-order valence-electron chi connectivity index (χ4n) is 3.49. The van der Waals surface area contributed by atoms with Gasteiger partial charge in [-0.05, 0) is 54.5 Å². The van der Waals surface area contributed by atoms with Gasteiger partial charge in [0.2, 0.25) is 0 Å². The van der Waals surface area contributed by atoms with E-state index in [4.69, 9.17) is 9.47 Å². The van der Waals surface area contributed by atoms with Gasteiger partial charge in [0.1, 0.15) is 24.7 Å². The summed E-state index contributed by atoms with van der Waals surface area (Å²) in [6.45, 7) is 2.91. The quantitative estimate of drug-likeness (QED) is 0.380. The van der Waals surface area contributed by atoms with Crippen molar-refractivity contribution in [2.24, 2.45) is 0 Å². The number of para-hydroxylation sites is 3. The van der Waals surface area contributed by atoms with Crippen molar-refractivity contribution in [3.05, 3.63) is 98.8 Å². The molecule has 0 unspecified atom stereocenters. The highest BCUT2D eigenvalue weighted by Crippen LogP contribution is 2.18. The standard InChI is InChI=1S/C25H20N2O3S/c1-17-7-2-5-12-22(17)30-14-13-29-19-9-6-8-18(15-19)16-23-24(28)27-21-11-4-3-10-20(21)26-25(27)31-23/h2-12,15-16H,13-14H2,1H3/b23-16-. The van der Waals surface area contributed by atoms with E-state index >= 15 is 0 Å². The molecule has 5 nitrogen and oxygen atoms in total. The van der Waals surface area contributed by atoms with Gasteiger partial charge in [-0.15, -0.1) is 0 Å². The molecule has 0 radical (unpaired) electrons. The van der Waals surface area contributed by atoms with Crippen LogP contribution in [0.3, 0.4) is 0 Å². The molecule has 0 amide bonds. The van der Waals surface area contributed by atoms with E-state index in [1.807, 2.05) is 85.8 Å². The smallest absolute Gasteiger partial charge is 0.274 e. The van der Waals surface area contributed by atoms with Gasteiger partial charge in [-0.2, -0.15) is 0 Å². The van der Waals surface area contributed by atoms with Crippen molar-refractivity contribution in [3.63, 3.8) is 0 Å². The van der Waals surface area contributed by atoms with Gasteiger partial charge in [-0.25, -0.2) is 9.38 Å². The van der Waals surface area contributed by atoms with Crippen LogP contribution in [0.25, 0.3) is 22.1 Å². The van der Waals surface area contributed by atoms with Crippen molar-refractivity contribution in [2.45, 2.75) is 6.92 Å². The molecule has 0 atom stereocenters. The van der Waals surface area contributed by atoms with Crippen LogP contribution in [0.15, 0.2) is 77.6 Å². The first-order valence-electron chi connectivity index (χ1n) is 10.0. The maximum absolute atomic E-state index is 12.9. The number of hydrogen-bond donors (Lipinski definition) is 0. The minimum atomic E-state index is -0.0494. The molecule has 0 spiro atoms. The number of aromatic nitrogens is 2. The van der Waals surface area contributed by atoms with E-state index in [0.717, 1.165) is 33.7 Å². The Labute approximate surface area is 182 Å². The van der Waals surface area contributed by atoms with Crippen LogP contribution < -0.4 is 19.6 Å². The molecule has 0 aliphatic carbocycles. The van der Waals surface area contributed by atoms with Crippen molar-refractivity contribution in [2.75, 3.05) is 13.2 Å². The number of nitrogens with zero attached hydrogens (tertiary/aromatic N) is 2. The van der Waals surface area contributed by atoms with Gasteiger partial charge in [0, 0.05) is 0 Å². The molecule has 2 aromatic heterocycles. The zero-order valence-corrected chi connectivity index (χ0v) is 17.8. The van der Waals surface area contributed by atoms with Gasteiger partial charge in [0.15, 0.2) is 4.96 Å². The summed E-state index contributed by atoms with van der Waals surface area (Å²) in [5, 5.41) is 0. The first-order chi connectivity index (χ1) is 15.2. The second-order valence-electron chi connectivity index (χ2n) is 7.17. The molecule has 0 fully saturated rings. The van der Waals surface area contributed by atoms with E-state index in [-0.39, 0.29) is 5.56 Å². The van der Waals surface area contributed by atoms with Gasteiger partial charge >= 0.3 is 0 Å². The van der Waals surface area contributed by atoms with E-state index in [2.05, 4.69) is 4.98 Å². The van der Waals surface area contributed by atoms with Crippen LogP contribution in [0.2, 0.25) is 0 Å². The van der Waals surface area contributed by atoms with E-state index in [9.17, 15) is 4.79 Å². The molecule has 31 heavy (non-hydrogen) atoms. The molecule has 5 rings (SSSR count). The summed E-state index contributed by atoms with van der Waals surface area (Å²) in [4.78, 5) is 18.2. The normalized spacial score (nSPS) is 12.0. The highest BCUT2D eigenvalue weighted by Gasteiger charge is 2.10. The zero-order chi connectivity index (χ0) is 21.2. The molecule has 0 saturated carbocycles. The molecule has 0 aliphatic heterocycles. The van der Waals surface area contributed by atoms with Crippen LogP contribution in [-0.4, -0.2) is 22.6 Å². The number of aryl methyl sites for hydroxylation is 1. The Bertz CT molecular complexity index is 1490. The first-order valence-corrected chi connectivity index (χ1v) is 10.8. The Balaban J connectivity index is 1.33. The summed E-state index contributed by atoms with van der Waals surface area (Å²) < 4.78 is 13.9. The maximum atomic E-state index is 12.9. The number of fused-ring (bicyclic) bond motifs is 3. The largest absolute Gasteiger partial charge is 0.490 e. The van der Waals surface area contributed by atoms with E-state index in [0.29, 0.717) is 22.7 Å². The number of hydrogen-bond acceptors (Lipinski definition) is 5. The number of ether oxygens (including phenoxy) is 2. The second-order valence-corrected chi connectivity index (χ2v) is 8.18. The summed E-state index contributed by atoms with van der Waals surface area (Å²) >= 11 is 1.39. The zero-order valence-electron chi connectivity index (χ0n) is 16.9. The lowest BCUT2D eigenvalue weighted by Crippen LogP contribution is -2.22. The van der Waals surface area contributed by atoms with Crippen molar-refractivity contribution < 1.29 is 9.47 Å². The lowest BCUT2D eigenvalue weighted by molar-refractivity contribution is 0.216. The number of rotatable bonds is 6. The molecule has 0 saturated heterocycles. The lowest BCUT2D eigenvalue weighted by Gasteiger charge is -2.10.